The molecule has 0 unspecified atom stereocenters. The minimum absolute atomic E-state index is 0.0893. The van der Waals surface area contributed by atoms with E-state index in [1.807, 2.05) is 12.1 Å². The minimum Gasteiger partial charge on any atom is -0.479 e. The number of nitrogens with one attached hydrogen (secondary N) is 1. The standard InChI is InChI=1S/C18H22N4O4/c1-21-11-14(18(20-21)26-3)17(24)19-13-5-6-15-12(10-13)4-7-16(23)22(15)8-9-25-2/h5-6,10-11H,4,7-9H2,1-3H3,(H,19,24). The van der Waals surface area contributed by atoms with Crippen molar-refractivity contribution in [3.8, 4) is 5.88 Å². The molecule has 8 nitrogen and oxygen atoms in total. The van der Waals surface area contributed by atoms with Gasteiger partial charge in [0.15, 0.2) is 0 Å². The van der Waals surface area contributed by atoms with E-state index in [0.29, 0.717) is 37.2 Å². The molecule has 2 amide bonds. The molecule has 26 heavy (non-hydrogen) atoms. The summed E-state index contributed by atoms with van der Waals surface area (Å²) < 4.78 is 11.7. The molecule has 1 aliphatic rings. The second-order valence-electron chi connectivity index (χ2n) is 6.06. The lowest BCUT2D eigenvalue weighted by atomic mass is 10.0. The Labute approximate surface area is 151 Å². The smallest absolute Gasteiger partial charge is 0.262 e. The predicted molar refractivity (Wildman–Crippen MR) is 96.7 cm³/mol. The molecule has 2 heterocycles. The molecule has 138 valence electrons. The summed E-state index contributed by atoms with van der Waals surface area (Å²) in [5.74, 6) is 0.0729. The monoisotopic (exact) mass is 358 g/mol. The minimum atomic E-state index is -0.293. The number of hydrogen-bond donors (Lipinski definition) is 1. The third kappa shape index (κ3) is 3.55. The van der Waals surface area contributed by atoms with E-state index in [0.717, 1.165) is 11.3 Å². The highest BCUT2D eigenvalue weighted by Gasteiger charge is 2.24. The Morgan fingerprint density at radius 1 is 1.31 bits per heavy atom. The van der Waals surface area contributed by atoms with Gasteiger partial charge >= 0.3 is 0 Å². The zero-order chi connectivity index (χ0) is 18.7. The van der Waals surface area contributed by atoms with Crippen LogP contribution in [0.15, 0.2) is 24.4 Å². The number of benzene rings is 1. The Kier molecular flexibility index (Phi) is 5.22. The zero-order valence-corrected chi connectivity index (χ0v) is 15.1. The van der Waals surface area contributed by atoms with Crippen LogP contribution in [0.3, 0.4) is 0 Å². The van der Waals surface area contributed by atoms with Crippen molar-refractivity contribution < 1.29 is 19.1 Å². The summed E-state index contributed by atoms with van der Waals surface area (Å²) in [6, 6.07) is 5.55. The zero-order valence-electron chi connectivity index (χ0n) is 15.1. The first kappa shape index (κ1) is 17.9. The number of anilines is 2. The summed E-state index contributed by atoms with van der Waals surface area (Å²) >= 11 is 0. The summed E-state index contributed by atoms with van der Waals surface area (Å²) in [6.07, 6.45) is 2.71. The van der Waals surface area contributed by atoms with Crippen LogP contribution in [0.2, 0.25) is 0 Å². The van der Waals surface area contributed by atoms with E-state index >= 15 is 0 Å². The number of methoxy groups -OCH3 is 2. The number of rotatable bonds is 6. The first-order valence-corrected chi connectivity index (χ1v) is 8.34. The average molecular weight is 358 g/mol. The molecule has 0 saturated carbocycles. The van der Waals surface area contributed by atoms with E-state index in [4.69, 9.17) is 9.47 Å². The van der Waals surface area contributed by atoms with Crippen molar-refractivity contribution in [3.63, 3.8) is 0 Å². The summed E-state index contributed by atoms with van der Waals surface area (Å²) in [5, 5.41) is 6.95. The van der Waals surface area contributed by atoms with Crippen LogP contribution in [0.25, 0.3) is 0 Å². The maximum Gasteiger partial charge on any atom is 0.262 e. The van der Waals surface area contributed by atoms with E-state index in [9.17, 15) is 9.59 Å². The highest BCUT2D eigenvalue weighted by molar-refractivity contribution is 6.06. The third-order valence-corrected chi connectivity index (χ3v) is 4.29. The van der Waals surface area contributed by atoms with Gasteiger partial charge in [-0.1, -0.05) is 0 Å². The number of carbonyl (C=O) groups excluding carboxylic acids is 2. The molecule has 0 radical (unpaired) electrons. The number of ether oxygens (including phenoxy) is 2. The fourth-order valence-electron chi connectivity index (χ4n) is 3.04. The molecular formula is C18H22N4O4. The van der Waals surface area contributed by atoms with Crippen LogP contribution < -0.4 is 15.0 Å². The van der Waals surface area contributed by atoms with Gasteiger partial charge in [-0.05, 0) is 30.2 Å². The molecule has 0 bridgehead atoms. The van der Waals surface area contributed by atoms with Gasteiger partial charge in [-0.3, -0.25) is 14.3 Å². The lowest BCUT2D eigenvalue weighted by Crippen LogP contribution is -2.37. The number of carbonyl (C=O) groups is 2. The van der Waals surface area contributed by atoms with E-state index in [1.54, 1.807) is 31.3 Å². The first-order valence-electron chi connectivity index (χ1n) is 8.34. The van der Waals surface area contributed by atoms with Crippen molar-refractivity contribution in [1.29, 1.82) is 0 Å². The van der Waals surface area contributed by atoms with Crippen molar-refractivity contribution in [3.05, 3.63) is 35.5 Å². The van der Waals surface area contributed by atoms with Crippen molar-refractivity contribution in [2.24, 2.45) is 7.05 Å². The number of aryl methyl sites for hydroxylation is 2. The van der Waals surface area contributed by atoms with Gasteiger partial charge in [0, 0.05) is 44.7 Å². The Morgan fingerprint density at radius 3 is 2.85 bits per heavy atom. The number of aromatic nitrogens is 2. The molecular weight excluding hydrogens is 336 g/mol. The molecule has 2 aromatic rings. The Bertz CT molecular complexity index is 831. The van der Waals surface area contributed by atoms with E-state index in [1.165, 1.54) is 11.8 Å². The molecule has 1 N–H and O–H groups in total. The van der Waals surface area contributed by atoms with Crippen LogP contribution in [0.1, 0.15) is 22.3 Å². The van der Waals surface area contributed by atoms with Gasteiger partial charge in [-0.25, -0.2) is 0 Å². The van der Waals surface area contributed by atoms with E-state index < -0.39 is 0 Å². The molecule has 0 aliphatic carbocycles. The molecule has 1 aromatic carbocycles. The van der Waals surface area contributed by atoms with Gasteiger partial charge in [-0.2, -0.15) is 0 Å². The Hall–Kier alpha value is -2.87. The van der Waals surface area contributed by atoms with Crippen LogP contribution in [0, 0.1) is 0 Å². The lowest BCUT2D eigenvalue weighted by molar-refractivity contribution is -0.119. The van der Waals surface area contributed by atoms with E-state index in [-0.39, 0.29) is 17.7 Å². The van der Waals surface area contributed by atoms with E-state index in [2.05, 4.69) is 10.4 Å². The molecule has 1 aliphatic heterocycles. The molecule has 1 aromatic heterocycles. The van der Waals surface area contributed by atoms with Crippen molar-refractivity contribution in [2.75, 3.05) is 37.6 Å². The van der Waals surface area contributed by atoms with Crippen molar-refractivity contribution in [2.45, 2.75) is 12.8 Å². The largest absolute Gasteiger partial charge is 0.479 e. The lowest BCUT2D eigenvalue weighted by Gasteiger charge is -2.29. The van der Waals surface area contributed by atoms with Gasteiger partial charge in [-0.15, -0.1) is 5.10 Å². The van der Waals surface area contributed by atoms with Gasteiger partial charge in [0.05, 0.1) is 13.7 Å². The number of amides is 2. The van der Waals surface area contributed by atoms with Gasteiger partial charge in [0.25, 0.3) is 5.91 Å². The molecule has 0 spiro atoms. The number of hydrogen-bond acceptors (Lipinski definition) is 5. The topological polar surface area (TPSA) is 85.7 Å². The number of fused-ring (bicyclic) bond motifs is 1. The van der Waals surface area contributed by atoms with Crippen LogP contribution in [-0.4, -0.2) is 49.0 Å². The third-order valence-electron chi connectivity index (χ3n) is 4.29. The van der Waals surface area contributed by atoms with Crippen LogP contribution in [0.5, 0.6) is 5.88 Å². The maximum atomic E-state index is 12.5. The quantitative estimate of drug-likeness (QED) is 0.848. The average Bonchev–Trinajstić information content (AvgIpc) is 3.02. The first-order chi connectivity index (χ1) is 12.5. The second kappa shape index (κ2) is 7.57. The summed E-state index contributed by atoms with van der Waals surface area (Å²) in [5.41, 5.74) is 2.93. The Balaban J connectivity index is 1.80. The predicted octanol–water partition coefficient (Wildman–Crippen LogP) is 1.61. The molecule has 3 rings (SSSR count). The SMILES string of the molecule is COCCN1C(=O)CCc2cc(NC(=O)c3cn(C)nc3OC)ccc21. The summed E-state index contributed by atoms with van der Waals surface area (Å²) in [7, 11) is 4.81. The van der Waals surface area contributed by atoms with Crippen molar-refractivity contribution >= 4 is 23.2 Å². The fourth-order valence-corrected chi connectivity index (χ4v) is 3.04. The summed E-state index contributed by atoms with van der Waals surface area (Å²) in [6.45, 7) is 0.991. The summed E-state index contributed by atoms with van der Waals surface area (Å²) in [4.78, 5) is 26.4. The molecule has 8 heteroatoms. The fraction of sp³-hybridized carbons (Fsp3) is 0.389. The van der Waals surface area contributed by atoms with Gasteiger partial charge < -0.3 is 19.7 Å². The highest BCUT2D eigenvalue weighted by atomic mass is 16.5. The van der Waals surface area contributed by atoms with Crippen LogP contribution in [-0.2, 0) is 23.0 Å². The van der Waals surface area contributed by atoms with Gasteiger partial charge in [0.1, 0.15) is 5.56 Å². The maximum absolute atomic E-state index is 12.5. The van der Waals surface area contributed by atoms with Crippen molar-refractivity contribution in [1.82, 2.24) is 9.78 Å². The molecule has 0 atom stereocenters. The normalized spacial score (nSPS) is 13.5. The van der Waals surface area contributed by atoms with Crippen LogP contribution in [0.4, 0.5) is 11.4 Å². The number of nitrogens with zero attached hydrogens (tertiary/aromatic N) is 3. The Morgan fingerprint density at radius 2 is 2.12 bits per heavy atom. The molecule has 0 fully saturated rings. The molecule has 0 saturated heterocycles. The second-order valence-corrected chi connectivity index (χ2v) is 6.06. The van der Waals surface area contributed by atoms with Gasteiger partial charge in [0.2, 0.25) is 11.8 Å². The van der Waals surface area contributed by atoms with Crippen LogP contribution >= 0.6 is 0 Å². The highest BCUT2D eigenvalue weighted by Crippen LogP contribution is 2.30.